The summed E-state index contributed by atoms with van der Waals surface area (Å²) in [5, 5.41) is 13.3. The number of aryl methyl sites for hydroxylation is 1. The van der Waals surface area contributed by atoms with E-state index in [0.29, 0.717) is 17.3 Å². The first-order valence-electron chi connectivity index (χ1n) is 8.27. The first-order valence-corrected chi connectivity index (χ1v) is 8.65. The molecule has 0 aliphatic rings. The highest BCUT2D eigenvalue weighted by molar-refractivity contribution is 6.31. The smallest absolute Gasteiger partial charge is 0.122 e. The maximum atomic E-state index is 8.18. The molecule has 4 N–H and O–H groups in total. The summed E-state index contributed by atoms with van der Waals surface area (Å²) in [5.74, 6) is 6.62. The zero-order valence-corrected chi connectivity index (χ0v) is 16.3. The molecular weight excluding hydrogens is 348 g/mol. The molecule has 0 radical (unpaired) electrons. The molecule has 5 nitrogen and oxygen atoms in total. The van der Waals surface area contributed by atoms with Crippen LogP contribution in [0.4, 0.5) is 5.69 Å². The van der Waals surface area contributed by atoms with Crippen LogP contribution in [0.15, 0.2) is 48.2 Å². The molecule has 0 saturated carbocycles. The number of halogens is 1. The second kappa shape index (κ2) is 8.74. The van der Waals surface area contributed by atoms with Gasteiger partial charge in [-0.25, -0.2) is 5.84 Å². The fourth-order valence-electron chi connectivity index (χ4n) is 2.52. The topological polar surface area (TPSA) is 74.4 Å². The van der Waals surface area contributed by atoms with E-state index in [-0.39, 0.29) is 0 Å². The molecule has 0 aromatic heterocycles. The van der Waals surface area contributed by atoms with Crippen LogP contribution in [-0.2, 0) is 6.61 Å². The Hall–Kier alpha value is -2.50. The summed E-state index contributed by atoms with van der Waals surface area (Å²) >= 11 is 6.31. The van der Waals surface area contributed by atoms with E-state index < -0.39 is 0 Å². The molecule has 0 bridgehead atoms. The van der Waals surface area contributed by atoms with Gasteiger partial charge in [-0.2, -0.15) is 0 Å². The lowest BCUT2D eigenvalue weighted by atomic mass is 10.1. The zero-order chi connectivity index (χ0) is 19.3. The van der Waals surface area contributed by atoms with E-state index in [1.807, 2.05) is 57.3 Å². The molecule has 0 fully saturated rings. The molecule has 0 amide bonds. The van der Waals surface area contributed by atoms with E-state index in [0.717, 1.165) is 33.8 Å². The number of ether oxygens (including phenoxy) is 1. The van der Waals surface area contributed by atoms with E-state index >= 15 is 0 Å². The molecule has 0 atom stereocenters. The van der Waals surface area contributed by atoms with Crippen molar-refractivity contribution in [1.82, 2.24) is 5.32 Å². The highest BCUT2D eigenvalue weighted by atomic mass is 35.5. The lowest BCUT2D eigenvalue weighted by Crippen LogP contribution is -2.26. The number of nitrogens with one attached hydrogen (secondary N) is 2. The Morgan fingerprint density at radius 2 is 2.08 bits per heavy atom. The molecule has 2 aromatic rings. The van der Waals surface area contributed by atoms with Crippen molar-refractivity contribution >= 4 is 23.0 Å². The second-order valence-electron chi connectivity index (χ2n) is 6.11. The lowest BCUT2D eigenvalue weighted by molar-refractivity contribution is 0.304. The Bertz CT molecular complexity index is 831. The van der Waals surface area contributed by atoms with Crippen LogP contribution >= 0.6 is 11.6 Å². The molecule has 0 unspecified atom stereocenters. The molecule has 138 valence electrons. The number of anilines is 1. The average molecular weight is 373 g/mol. The summed E-state index contributed by atoms with van der Waals surface area (Å²) in [4.78, 5) is 0. The van der Waals surface area contributed by atoms with Gasteiger partial charge in [0.25, 0.3) is 0 Å². The van der Waals surface area contributed by atoms with Crippen LogP contribution in [0, 0.1) is 12.3 Å². The highest BCUT2D eigenvalue weighted by Gasteiger charge is 2.11. The maximum absolute atomic E-state index is 8.18. The van der Waals surface area contributed by atoms with E-state index in [2.05, 4.69) is 5.32 Å². The van der Waals surface area contributed by atoms with Gasteiger partial charge >= 0.3 is 0 Å². The van der Waals surface area contributed by atoms with Gasteiger partial charge in [-0.05, 0) is 61.4 Å². The summed E-state index contributed by atoms with van der Waals surface area (Å²) in [7, 11) is 3.60. The monoisotopic (exact) mass is 372 g/mol. The Morgan fingerprint density at radius 3 is 2.69 bits per heavy atom. The lowest BCUT2D eigenvalue weighted by Gasteiger charge is -2.19. The Morgan fingerprint density at radius 1 is 1.35 bits per heavy atom. The predicted octanol–water partition coefficient (Wildman–Crippen LogP) is 4.03. The first kappa shape index (κ1) is 19.8. The zero-order valence-electron chi connectivity index (χ0n) is 15.6. The van der Waals surface area contributed by atoms with Crippen molar-refractivity contribution in [2.24, 2.45) is 5.84 Å². The van der Waals surface area contributed by atoms with Crippen molar-refractivity contribution in [3.8, 4) is 5.75 Å². The Labute approximate surface area is 159 Å². The van der Waals surface area contributed by atoms with Gasteiger partial charge in [0.15, 0.2) is 0 Å². The Balaban J connectivity index is 2.19. The normalized spacial score (nSPS) is 11.2. The largest absolute Gasteiger partial charge is 0.488 e. The van der Waals surface area contributed by atoms with Crippen LogP contribution in [0.25, 0.3) is 0 Å². The van der Waals surface area contributed by atoms with Crippen LogP contribution in [0.3, 0.4) is 0 Å². The Kier molecular flexibility index (Phi) is 6.66. The molecular formula is C20H25ClN4O. The van der Waals surface area contributed by atoms with Crippen LogP contribution in [-0.4, -0.2) is 19.8 Å². The molecule has 2 aromatic carbocycles. The van der Waals surface area contributed by atoms with Crippen LogP contribution in [0.2, 0.25) is 5.02 Å². The van der Waals surface area contributed by atoms with Gasteiger partial charge in [0.2, 0.25) is 0 Å². The van der Waals surface area contributed by atoms with Crippen molar-refractivity contribution in [2.75, 3.05) is 19.1 Å². The van der Waals surface area contributed by atoms with Crippen molar-refractivity contribution in [1.29, 1.82) is 5.41 Å². The third-order valence-corrected chi connectivity index (χ3v) is 4.44. The van der Waals surface area contributed by atoms with E-state index in [4.69, 9.17) is 27.6 Å². The summed E-state index contributed by atoms with van der Waals surface area (Å²) in [6.07, 6.45) is 1.79. The molecule has 26 heavy (non-hydrogen) atoms. The SMILES string of the molecule is CN/C(C)=C\C(=N)c1ccc(OCc2c(Cl)cccc2N(C)N)c(C)c1. The summed E-state index contributed by atoms with van der Waals surface area (Å²) in [6, 6.07) is 11.3. The number of hydrazine groups is 1. The van der Waals surface area contributed by atoms with Gasteiger partial charge in [0.1, 0.15) is 12.4 Å². The van der Waals surface area contributed by atoms with Gasteiger partial charge in [0.05, 0.1) is 11.4 Å². The van der Waals surface area contributed by atoms with Crippen LogP contribution in [0.1, 0.15) is 23.6 Å². The van der Waals surface area contributed by atoms with Crippen LogP contribution < -0.4 is 20.9 Å². The maximum Gasteiger partial charge on any atom is 0.122 e. The molecule has 0 spiro atoms. The van der Waals surface area contributed by atoms with E-state index in [1.54, 1.807) is 13.1 Å². The quantitative estimate of drug-likeness (QED) is 0.389. The number of allylic oxidation sites excluding steroid dienone is 2. The number of nitrogens with two attached hydrogens (primary N) is 1. The summed E-state index contributed by atoms with van der Waals surface area (Å²) < 4.78 is 5.97. The fourth-order valence-corrected chi connectivity index (χ4v) is 2.75. The second-order valence-corrected chi connectivity index (χ2v) is 6.52. The van der Waals surface area contributed by atoms with E-state index in [9.17, 15) is 0 Å². The van der Waals surface area contributed by atoms with Crippen molar-refractivity contribution in [3.63, 3.8) is 0 Å². The highest BCUT2D eigenvalue weighted by Crippen LogP contribution is 2.28. The number of hydrogen-bond acceptors (Lipinski definition) is 5. The molecule has 2 rings (SSSR count). The molecule has 0 saturated heterocycles. The van der Waals surface area contributed by atoms with Crippen LogP contribution in [0.5, 0.6) is 5.75 Å². The average Bonchev–Trinajstić information content (AvgIpc) is 2.60. The van der Waals surface area contributed by atoms with Gasteiger partial charge in [0, 0.05) is 30.4 Å². The third-order valence-electron chi connectivity index (χ3n) is 4.09. The summed E-state index contributed by atoms with van der Waals surface area (Å²) in [5.41, 5.74) is 4.83. The number of benzene rings is 2. The van der Waals surface area contributed by atoms with Gasteiger partial charge in [-0.15, -0.1) is 0 Å². The van der Waals surface area contributed by atoms with Gasteiger partial charge < -0.3 is 20.5 Å². The first-order chi connectivity index (χ1) is 12.3. The molecule has 0 aliphatic heterocycles. The fraction of sp³-hybridized carbons (Fsp3) is 0.250. The predicted molar refractivity (Wildman–Crippen MR) is 109 cm³/mol. The van der Waals surface area contributed by atoms with Gasteiger partial charge in [-0.3, -0.25) is 0 Å². The standard InChI is InChI=1S/C20H25ClN4O/c1-13-10-15(18(22)11-14(2)24-3)8-9-20(13)26-12-16-17(21)6-5-7-19(16)25(4)23/h5-11,22,24H,12,23H2,1-4H3/b14-11-,22-18?. The molecule has 0 heterocycles. The van der Waals surface area contributed by atoms with Crippen molar-refractivity contribution in [3.05, 3.63) is 69.9 Å². The molecule has 0 aliphatic carbocycles. The minimum absolute atomic E-state index is 0.312. The minimum atomic E-state index is 0.312. The number of rotatable bonds is 7. The number of hydrogen-bond donors (Lipinski definition) is 3. The van der Waals surface area contributed by atoms with Crippen molar-refractivity contribution in [2.45, 2.75) is 20.5 Å². The minimum Gasteiger partial charge on any atom is -0.488 e. The van der Waals surface area contributed by atoms with Crippen molar-refractivity contribution < 1.29 is 4.74 Å². The summed E-state index contributed by atoms with van der Waals surface area (Å²) in [6.45, 7) is 4.20. The third kappa shape index (κ3) is 4.77. The van der Waals surface area contributed by atoms with E-state index in [1.165, 1.54) is 5.01 Å². The van der Waals surface area contributed by atoms with Gasteiger partial charge in [-0.1, -0.05) is 17.7 Å². The molecule has 6 heteroatoms. The number of nitrogens with zero attached hydrogens (tertiary/aromatic N) is 1.